The van der Waals surface area contributed by atoms with Gasteiger partial charge in [0.1, 0.15) is 0 Å². The van der Waals surface area contributed by atoms with Crippen LogP contribution in [0.25, 0.3) is 0 Å². The summed E-state index contributed by atoms with van der Waals surface area (Å²) >= 11 is 0. The minimum Gasteiger partial charge on any atom is -0.409 e. The van der Waals surface area contributed by atoms with Crippen molar-refractivity contribution in [2.45, 2.75) is 25.4 Å². The molecule has 0 unspecified atom stereocenters. The maximum atomic E-state index is 8.49. The number of nitrogens with one attached hydrogen (secondary N) is 1. The van der Waals surface area contributed by atoms with Gasteiger partial charge >= 0.3 is 0 Å². The highest BCUT2D eigenvalue weighted by Crippen LogP contribution is 2.19. The average molecular weight is 205 g/mol. The number of hydrogen-bond donors (Lipinski definition) is 3. The van der Waals surface area contributed by atoms with Crippen LogP contribution in [-0.2, 0) is 6.54 Å². The largest absolute Gasteiger partial charge is 0.409 e. The maximum Gasteiger partial charge on any atom is 0.170 e. The molecule has 1 aromatic rings. The zero-order valence-electron chi connectivity index (χ0n) is 8.48. The minimum atomic E-state index is 0.150. The van der Waals surface area contributed by atoms with Crippen LogP contribution in [-0.4, -0.2) is 17.1 Å². The van der Waals surface area contributed by atoms with Gasteiger partial charge in [0, 0.05) is 18.2 Å². The van der Waals surface area contributed by atoms with Gasteiger partial charge in [0.05, 0.1) is 0 Å². The lowest BCUT2D eigenvalue weighted by Gasteiger charge is -2.04. The normalized spacial score (nSPS) is 16.7. The lowest BCUT2D eigenvalue weighted by Crippen LogP contribution is -2.16. The van der Waals surface area contributed by atoms with E-state index >= 15 is 0 Å². The Morgan fingerprint density at radius 2 is 2.07 bits per heavy atom. The molecule has 1 saturated carbocycles. The number of hydrogen-bond acceptors (Lipinski definition) is 3. The number of rotatable bonds is 4. The number of benzene rings is 1. The summed E-state index contributed by atoms with van der Waals surface area (Å²) in [6.45, 7) is 0.890. The second-order valence-electron chi connectivity index (χ2n) is 3.84. The predicted octanol–water partition coefficient (Wildman–Crippen LogP) is 1.03. The van der Waals surface area contributed by atoms with E-state index in [1.807, 2.05) is 24.3 Å². The quantitative estimate of drug-likeness (QED) is 0.297. The molecule has 4 heteroatoms. The van der Waals surface area contributed by atoms with Crippen LogP contribution < -0.4 is 11.1 Å². The summed E-state index contributed by atoms with van der Waals surface area (Å²) in [6.07, 6.45) is 2.59. The Morgan fingerprint density at radius 1 is 1.40 bits per heavy atom. The van der Waals surface area contributed by atoms with Crippen LogP contribution in [0.2, 0.25) is 0 Å². The van der Waals surface area contributed by atoms with Crippen LogP contribution in [0.4, 0.5) is 0 Å². The van der Waals surface area contributed by atoms with Gasteiger partial charge in [-0.1, -0.05) is 29.4 Å². The van der Waals surface area contributed by atoms with Gasteiger partial charge in [-0.3, -0.25) is 0 Å². The van der Waals surface area contributed by atoms with Crippen LogP contribution in [0.5, 0.6) is 0 Å². The van der Waals surface area contributed by atoms with Crippen LogP contribution in [0, 0.1) is 0 Å². The van der Waals surface area contributed by atoms with Gasteiger partial charge in [0.25, 0.3) is 0 Å². The van der Waals surface area contributed by atoms with Crippen molar-refractivity contribution in [3.05, 3.63) is 35.4 Å². The smallest absolute Gasteiger partial charge is 0.170 e. The van der Waals surface area contributed by atoms with Crippen molar-refractivity contribution in [1.29, 1.82) is 0 Å². The Morgan fingerprint density at radius 3 is 2.60 bits per heavy atom. The first-order valence-electron chi connectivity index (χ1n) is 5.10. The molecule has 0 radical (unpaired) electrons. The molecule has 0 aromatic heterocycles. The van der Waals surface area contributed by atoms with E-state index in [1.165, 1.54) is 18.4 Å². The Hall–Kier alpha value is -1.55. The fourth-order valence-corrected chi connectivity index (χ4v) is 1.40. The van der Waals surface area contributed by atoms with Gasteiger partial charge in [0.15, 0.2) is 5.84 Å². The van der Waals surface area contributed by atoms with Gasteiger partial charge in [-0.05, 0) is 18.4 Å². The molecule has 80 valence electrons. The topological polar surface area (TPSA) is 70.6 Å². The number of oxime groups is 1. The number of nitrogens with zero attached hydrogens (tertiary/aromatic N) is 1. The molecule has 1 aromatic carbocycles. The fourth-order valence-electron chi connectivity index (χ4n) is 1.40. The van der Waals surface area contributed by atoms with Crippen molar-refractivity contribution in [1.82, 2.24) is 5.32 Å². The van der Waals surface area contributed by atoms with Gasteiger partial charge in [-0.15, -0.1) is 0 Å². The standard InChI is InChI=1S/C11H15N3O/c12-11(14-15)9-3-1-8(2-4-9)7-13-10-5-6-10/h1-4,10,13,15H,5-7H2,(H2,12,14). The second-order valence-corrected chi connectivity index (χ2v) is 3.84. The van der Waals surface area contributed by atoms with E-state index in [-0.39, 0.29) is 5.84 Å². The van der Waals surface area contributed by atoms with E-state index in [9.17, 15) is 0 Å². The molecule has 0 saturated heterocycles. The molecule has 0 heterocycles. The highest BCUT2D eigenvalue weighted by molar-refractivity contribution is 5.96. The molecule has 4 nitrogen and oxygen atoms in total. The Balaban J connectivity index is 1.96. The van der Waals surface area contributed by atoms with Crippen LogP contribution in [0.15, 0.2) is 29.4 Å². The summed E-state index contributed by atoms with van der Waals surface area (Å²) < 4.78 is 0. The van der Waals surface area contributed by atoms with E-state index in [1.54, 1.807) is 0 Å². The first-order valence-corrected chi connectivity index (χ1v) is 5.10. The summed E-state index contributed by atoms with van der Waals surface area (Å²) in [7, 11) is 0. The minimum absolute atomic E-state index is 0.150. The van der Waals surface area contributed by atoms with Gasteiger partial charge in [-0.2, -0.15) is 0 Å². The number of amidine groups is 1. The summed E-state index contributed by atoms with van der Waals surface area (Å²) in [6, 6.07) is 8.41. The SMILES string of the molecule is NC(=NO)c1ccc(CNC2CC2)cc1. The molecule has 2 rings (SSSR count). The van der Waals surface area contributed by atoms with E-state index in [0.29, 0.717) is 6.04 Å². The molecule has 0 atom stereocenters. The highest BCUT2D eigenvalue weighted by Gasteiger charge is 2.19. The third-order valence-corrected chi connectivity index (χ3v) is 2.53. The molecule has 0 aliphatic heterocycles. The third kappa shape index (κ3) is 2.70. The lowest BCUT2D eigenvalue weighted by atomic mass is 10.1. The summed E-state index contributed by atoms with van der Waals surface area (Å²) in [4.78, 5) is 0. The molecule has 1 fully saturated rings. The van der Waals surface area contributed by atoms with Crippen molar-refractivity contribution in [3.63, 3.8) is 0 Å². The van der Waals surface area contributed by atoms with E-state index < -0.39 is 0 Å². The average Bonchev–Trinajstić information content (AvgIpc) is 3.10. The molecule has 0 spiro atoms. The molecule has 0 bridgehead atoms. The van der Waals surface area contributed by atoms with Crippen molar-refractivity contribution in [3.8, 4) is 0 Å². The van der Waals surface area contributed by atoms with Gasteiger partial charge in [0.2, 0.25) is 0 Å². The fraction of sp³-hybridized carbons (Fsp3) is 0.364. The van der Waals surface area contributed by atoms with Crippen LogP contribution in [0.3, 0.4) is 0 Å². The predicted molar refractivity (Wildman–Crippen MR) is 58.8 cm³/mol. The first kappa shape index (κ1) is 9.98. The van der Waals surface area contributed by atoms with Crippen molar-refractivity contribution < 1.29 is 5.21 Å². The molecule has 1 aliphatic carbocycles. The third-order valence-electron chi connectivity index (χ3n) is 2.53. The van der Waals surface area contributed by atoms with Crippen molar-refractivity contribution in [2.75, 3.05) is 0 Å². The molecule has 15 heavy (non-hydrogen) atoms. The summed E-state index contributed by atoms with van der Waals surface area (Å²) in [5.41, 5.74) is 7.42. The second kappa shape index (κ2) is 4.31. The van der Waals surface area contributed by atoms with E-state index in [0.717, 1.165) is 12.1 Å². The Labute approximate surface area is 88.8 Å². The zero-order valence-corrected chi connectivity index (χ0v) is 8.48. The van der Waals surface area contributed by atoms with Gasteiger partial charge < -0.3 is 16.3 Å². The molecular weight excluding hydrogens is 190 g/mol. The van der Waals surface area contributed by atoms with Crippen molar-refractivity contribution in [2.24, 2.45) is 10.9 Å². The Bertz CT molecular complexity index is 355. The highest BCUT2D eigenvalue weighted by atomic mass is 16.4. The zero-order chi connectivity index (χ0) is 10.7. The van der Waals surface area contributed by atoms with Crippen LogP contribution in [0.1, 0.15) is 24.0 Å². The molecule has 0 amide bonds. The summed E-state index contributed by atoms with van der Waals surface area (Å²) in [5.74, 6) is 0.150. The number of nitrogens with two attached hydrogens (primary N) is 1. The summed E-state index contributed by atoms with van der Waals surface area (Å²) in [5, 5.41) is 14.9. The Kier molecular flexibility index (Phi) is 2.87. The molecule has 4 N–H and O–H groups in total. The van der Waals surface area contributed by atoms with Gasteiger partial charge in [-0.25, -0.2) is 0 Å². The monoisotopic (exact) mass is 205 g/mol. The van der Waals surface area contributed by atoms with E-state index in [4.69, 9.17) is 10.9 Å². The maximum absolute atomic E-state index is 8.49. The van der Waals surface area contributed by atoms with Crippen molar-refractivity contribution >= 4 is 5.84 Å². The van der Waals surface area contributed by atoms with E-state index in [2.05, 4.69) is 10.5 Å². The first-order chi connectivity index (χ1) is 7.29. The van der Waals surface area contributed by atoms with Crippen LogP contribution >= 0.6 is 0 Å². The molecule has 1 aliphatic rings. The molecular formula is C11H15N3O. The lowest BCUT2D eigenvalue weighted by molar-refractivity contribution is 0.318.